The summed E-state index contributed by atoms with van der Waals surface area (Å²) in [4.78, 5) is 14.8. The Morgan fingerprint density at radius 2 is 1.81 bits per heavy atom. The molecule has 2 fully saturated rings. The van der Waals surface area contributed by atoms with E-state index in [4.69, 9.17) is 4.74 Å². The van der Waals surface area contributed by atoms with E-state index in [1.165, 1.54) is 38.8 Å². The molecule has 2 unspecified atom stereocenters. The summed E-state index contributed by atoms with van der Waals surface area (Å²) in [5.74, 6) is 1.67. The average Bonchev–Trinajstić information content (AvgIpc) is 3.33. The Bertz CT molecular complexity index is 339. The lowest BCUT2D eigenvalue weighted by Crippen LogP contribution is -2.53. The maximum Gasteiger partial charge on any atom is 0.326 e. The quantitative estimate of drug-likeness (QED) is 0.629. The van der Waals surface area contributed by atoms with Crippen molar-refractivity contribution in [1.82, 2.24) is 10.2 Å². The number of nitrogens with one attached hydrogen (secondary N) is 1. The number of esters is 1. The fourth-order valence-corrected chi connectivity index (χ4v) is 3.00. The number of carbonyl (C=O) groups excluding carboxylic acids is 1. The van der Waals surface area contributed by atoms with Crippen LogP contribution in [0.1, 0.15) is 52.9 Å². The molecule has 2 saturated carbocycles. The van der Waals surface area contributed by atoms with Crippen molar-refractivity contribution in [2.45, 2.75) is 64.5 Å². The first kappa shape index (κ1) is 16.8. The largest absolute Gasteiger partial charge is 0.465 e. The molecule has 0 aromatic carbocycles. The molecule has 0 spiro atoms. The molecule has 4 heteroatoms. The zero-order valence-electron chi connectivity index (χ0n) is 14.2. The van der Waals surface area contributed by atoms with Crippen molar-refractivity contribution in [3.05, 3.63) is 0 Å². The lowest BCUT2D eigenvalue weighted by molar-refractivity contribution is -0.151. The Morgan fingerprint density at radius 1 is 1.29 bits per heavy atom. The highest BCUT2D eigenvalue weighted by Gasteiger charge is 2.38. The van der Waals surface area contributed by atoms with Crippen molar-refractivity contribution in [1.29, 1.82) is 0 Å². The van der Waals surface area contributed by atoms with Crippen LogP contribution in [0.5, 0.6) is 0 Å². The van der Waals surface area contributed by atoms with Gasteiger partial charge in [-0.15, -0.1) is 0 Å². The summed E-state index contributed by atoms with van der Waals surface area (Å²) in [6.45, 7) is 8.95. The minimum Gasteiger partial charge on any atom is -0.465 e. The van der Waals surface area contributed by atoms with Gasteiger partial charge in [0.25, 0.3) is 0 Å². The van der Waals surface area contributed by atoms with Crippen LogP contribution in [0, 0.1) is 11.8 Å². The second-order valence-corrected chi connectivity index (χ2v) is 7.20. The summed E-state index contributed by atoms with van der Waals surface area (Å²) in [6, 6.07) is 0.410. The van der Waals surface area contributed by atoms with Gasteiger partial charge in [0.05, 0.1) is 6.61 Å². The molecule has 1 N–H and O–H groups in total. The van der Waals surface area contributed by atoms with Gasteiger partial charge in [-0.25, -0.2) is 0 Å². The van der Waals surface area contributed by atoms with E-state index in [0.29, 0.717) is 12.6 Å². The molecule has 2 rings (SSSR count). The van der Waals surface area contributed by atoms with Crippen molar-refractivity contribution in [3.63, 3.8) is 0 Å². The molecule has 21 heavy (non-hydrogen) atoms. The van der Waals surface area contributed by atoms with E-state index in [1.807, 2.05) is 20.9 Å². The van der Waals surface area contributed by atoms with Gasteiger partial charge in [0.2, 0.25) is 0 Å². The van der Waals surface area contributed by atoms with Gasteiger partial charge in [0, 0.05) is 19.1 Å². The van der Waals surface area contributed by atoms with Gasteiger partial charge in [-0.05, 0) is 71.8 Å². The number of carbonyl (C=O) groups is 1. The average molecular weight is 296 g/mol. The lowest BCUT2D eigenvalue weighted by Gasteiger charge is -2.36. The zero-order chi connectivity index (χ0) is 15.5. The first-order chi connectivity index (χ1) is 9.98. The molecule has 0 aliphatic heterocycles. The number of ether oxygens (including phenoxy) is 1. The van der Waals surface area contributed by atoms with Crippen LogP contribution in [0.2, 0.25) is 0 Å². The van der Waals surface area contributed by atoms with Crippen LogP contribution in [0.4, 0.5) is 0 Å². The van der Waals surface area contributed by atoms with Crippen LogP contribution in [-0.2, 0) is 9.53 Å². The summed E-state index contributed by atoms with van der Waals surface area (Å²) >= 11 is 0. The molecule has 0 saturated heterocycles. The van der Waals surface area contributed by atoms with E-state index in [9.17, 15) is 4.79 Å². The van der Waals surface area contributed by atoms with Crippen LogP contribution >= 0.6 is 0 Å². The highest BCUT2D eigenvalue weighted by molar-refractivity contribution is 5.80. The SMILES string of the molecule is CCOC(=O)C(C)(CC(C)N(CC1CC1)CC1CC1)NC. The summed E-state index contributed by atoms with van der Waals surface area (Å²) < 4.78 is 5.25. The predicted octanol–water partition coefficient (Wildman–Crippen LogP) is 2.43. The fraction of sp³-hybridized carbons (Fsp3) is 0.941. The summed E-state index contributed by atoms with van der Waals surface area (Å²) in [5, 5.41) is 3.19. The third-order valence-corrected chi connectivity index (χ3v) is 4.98. The Labute approximate surface area is 129 Å². The number of hydrogen-bond acceptors (Lipinski definition) is 4. The maximum atomic E-state index is 12.2. The Balaban J connectivity index is 1.93. The van der Waals surface area contributed by atoms with E-state index in [2.05, 4.69) is 17.1 Å². The molecule has 2 atom stereocenters. The monoisotopic (exact) mass is 296 g/mol. The number of nitrogens with zero attached hydrogens (tertiary/aromatic N) is 1. The van der Waals surface area contributed by atoms with Crippen LogP contribution < -0.4 is 5.32 Å². The van der Waals surface area contributed by atoms with E-state index in [0.717, 1.165) is 18.3 Å². The number of rotatable bonds is 10. The van der Waals surface area contributed by atoms with Gasteiger partial charge in [0.1, 0.15) is 5.54 Å². The van der Waals surface area contributed by atoms with Crippen LogP contribution in [0.15, 0.2) is 0 Å². The molecular weight excluding hydrogens is 264 g/mol. The minimum absolute atomic E-state index is 0.128. The summed E-state index contributed by atoms with van der Waals surface area (Å²) in [7, 11) is 1.86. The van der Waals surface area contributed by atoms with Gasteiger partial charge in [0.15, 0.2) is 0 Å². The van der Waals surface area contributed by atoms with Gasteiger partial charge in [-0.2, -0.15) is 0 Å². The molecule has 0 aromatic heterocycles. The van der Waals surface area contributed by atoms with Crippen LogP contribution in [-0.4, -0.2) is 49.2 Å². The van der Waals surface area contributed by atoms with Crippen molar-refractivity contribution < 1.29 is 9.53 Å². The molecule has 0 aromatic rings. The predicted molar refractivity (Wildman–Crippen MR) is 85.2 cm³/mol. The van der Waals surface area contributed by atoms with Crippen molar-refractivity contribution in [2.75, 3.05) is 26.7 Å². The topological polar surface area (TPSA) is 41.6 Å². The molecule has 122 valence electrons. The molecule has 2 aliphatic carbocycles. The molecule has 0 radical (unpaired) electrons. The lowest BCUT2D eigenvalue weighted by atomic mass is 9.92. The Morgan fingerprint density at radius 3 is 2.19 bits per heavy atom. The molecule has 2 aliphatic rings. The van der Waals surface area contributed by atoms with Gasteiger partial charge >= 0.3 is 5.97 Å². The normalized spacial score (nSPS) is 22.9. The van der Waals surface area contributed by atoms with E-state index < -0.39 is 5.54 Å². The molecule has 0 heterocycles. The van der Waals surface area contributed by atoms with Crippen molar-refractivity contribution in [3.8, 4) is 0 Å². The fourth-order valence-electron chi connectivity index (χ4n) is 3.00. The smallest absolute Gasteiger partial charge is 0.326 e. The van der Waals surface area contributed by atoms with Crippen LogP contribution in [0.3, 0.4) is 0 Å². The van der Waals surface area contributed by atoms with E-state index in [-0.39, 0.29) is 5.97 Å². The molecular formula is C17H32N2O2. The van der Waals surface area contributed by atoms with Gasteiger partial charge in [-0.3, -0.25) is 4.79 Å². The van der Waals surface area contributed by atoms with E-state index >= 15 is 0 Å². The number of hydrogen-bond donors (Lipinski definition) is 1. The molecule has 0 amide bonds. The van der Waals surface area contributed by atoms with Gasteiger partial charge < -0.3 is 15.0 Å². The highest BCUT2D eigenvalue weighted by Crippen LogP contribution is 2.35. The summed E-state index contributed by atoms with van der Waals surface area (Å²) in [6.07, 6.45) is 6.34. The standard InChI is InChI=1S/C17H32N2O2/c1-5-21-16(20)17(3,18-4)10-13(2)19(11-14-6-7-14)12-15-8-9-15/h13-15,18H,5-12H2,1-4H3. The highest BCUT2D eigenvalue weighted by atomic mass is 16.5. The second-order valence-electron chi connectivity index (χ2n) is 7.20. The van der Waals surface area contributed by atoms with E-state index in [1.54, 1.807) is 0 Å². The first-order valence-electron chi connectivity index (χ1n) is 8.58. The van der Waals surface area contributed by atoms with Crippen molar-refractivity contribution in [2.24, 2.45) is 11.8 Å². The van der Waals surface area contributed by atoms with Gasteiger partial charge in [-0.1, -0.05) is 0 Å². The first-order valence-corrected chi connectivity index (χ1v) is 8.58. The number of likely N-dealkylation sites (N-methyl/N-ethyl adjacent to an activating group) is 1. The third kappa shape index (κ3) is 4.96. The maximum absolute atomic E-state index is 12.2. The molecule has 0 bridgehead atoms. The minimum atomic E-state index is -0.583. The second kappa shape index (κ2) is 7.10. The van der Waals surface area contributed by atoms with Crippen molar-refractivity contribution >= 4 is 5.97 Å². The zero-order valence-corrected chi connectivity index (χ0v) is 14.2. The van der Waals surface area contributed by atoms with Crippen LogP contribution in [0.25, 0.3) is 0 Å². The third-order valence-electron chi connectivity index (χ3n) is 4.98. The Kier molecular flexibility index (Phi) is 5.67. The summed E-state index contributed by atoms with van der Waals surface area (Å²) in [5.41, 5.74) is -0.583. The Hall–Kier alpha value is -0.610. The molecule has 4 nitrogen and oxygen atoms in total.